The summed E-state index contributed by atoms with van der Waals surface area (Å²) in [5.74, 6) is 1.27. The molecule has 0 aromatic heterocycles. The molecule has 0 bridgehead atoms. The van der Waals surface area contributed by atoms with Crippen LogP contribution in [0, 0.1) is 11.1 Å². The second-order valence-corrected chi connectivity index (χ2v) is 5.41. The molecule has 1 saturated heterocycles. The van der Waals surface area contributed by atoms with Crippen LogP contribution in [-0.4, -0.2) is 12.6 Å². The quantitative estimate of drug-likeness (QED) is 0.655. The summed E-state index contributed by atoms with van der Waals surface area (Å²) < 4.78 is 0. The van der Waals surface area contributed by atoms with Crippen LogP contribution in [0.5, 0.6) is 0 Å². The lowest BCUT2D eigenvalue weighted by Crippen LogP contribution is -3.12. The van der Waals surface area contributed by atoms with Crippen molar-refractivity contribution in [3.8, 4) is 0 Å². The minimum absolute atomic E-state index is 0.271. The van der Waals surface area contributed by atoms with Gasteiger partial charge in [0.2, 0.25) is 0 Å². The molecule has 2 aliphatic rings. The summed E-state index contributed by atoms with van der Waals surface area (Å²) in [5.41, 5.74) is 3.04. The van der Waals surface area contributed by atoms with Gasteiger partial charge in [-0.2, -0.15) is 0 Å². The molecule has 1 aromatic rings. The van der Waals surface area contributed by atoms with Gasteiger partial charge >= 0.3 is 0 Å². The third-order valence-corrected chi connectivity index (χ3v) is 4.43. The molecule has 1 aliphatic heterocycles. The van der Waals surface area contributed by atoms with Crippen LogP contribution in [-0.2, 0) is 6.42 Å². The monoisotopic (exact) mass is 217 g/mol. The van der Waals surface area contributed by atoms with Crippen LogP contribution in [0.25, 0.3) is 0 Å². The van der Waals surface area contributed by atoms with Crippen molar-refractivity contribution in [1.29, 1.82) is 0 Å². The van der Waals surface area contributed by atoms with E-state index >= 15 is 0 Å². The molecule has 1 heterocycles. The van der Waals surface area contributed by atoms with Gasteiger partial charge in [0.05, 0.1) is 12.6 Å². The van der Waals surface area contributed by atoms with Gasteiger partial charge in [-0.1, -0.05) is 24.3 Å². The summed E-state index contributed by atoms with van der Waals surface area (Å²) in [6.07, 6.45) is 3.44. The highest BCUT2D eigenvalue weighted by Gasteiger charge is 2.37. The van der Waals surface area contributed by atoms with Gasteiger partial charge in [-0.15, -0.1) is 0 Å². The standard InChI is InChI=1S/C14H19NO/c1-10-8-14-12(9-15(10)16)7-6-11-4-2-3-5-13(11)14/h2-5,10,12,14-15H,6-9H2,1H3/t10-,12?,14?/m1/s1. The molecule has 86 valence electrons. The molecule has 1 aromatic carbocycles. The number of hydrogen-bond acceptors (Lipinski definition) is 1. The van der Waals surface area contributed by atoms with Gasteiger partial charge in [-0.25, -0.2) is 0 Å². The number of rotatable bonds is 0. The van der Waals surface area contributed by atoms with E-state index in [0.29, 0.717) is 16.9 Å². The van der Waals surface area contributed by atoms with Crippen molar-refractivity contribution in [2.24, 2.45) is 5.92 Å². The lowest BCUT2D eigenvalue weighted by Gasteiger charge is -2.45. The maximum absolute atomic E-state index is 11.8. The van der Waals surface area contributed by atoms with Crippen molar-refractivity contribution in [2.75, 3.05) is 6.54 Å². The van der Waals surface area contributed by atoms with Crippen molar-refractivity contribution in [1.82, 2.24) is 0 Å². The minimum atomic E-state index is 0.271. The van der Waals surface area contributed by atoms with Gasteiger partial charge in [0.15, 0.2) is 0 Å². The molecule has 0 spiro atoms. The van der Waals surface area contributed by atoms with E-state index in [1.807, 2.05) is 0 Å². The van der Waals surface area contributed by atoms with Crippen LogP contribution >= 0.6 is 0 Å². The molecule has 0 radical (unpaired) electrons. The van der Waals surface area contributed by atoms with E-state index in [1.54, 1.807) is 0 Å². The second-order valence-electron chi connectivity index (χ2n) is 5.41. The molecule has 0 saturated carbocycles. The van der Waals surface area contributed by atoms with Gasteiger partial charge in [-0.3, -0.25) is 0 Å². The number of benzene rings is 1. The van der Waals surface area contributed by atoms with Crippen molar-refractivity contribution in [3.63, 3.8) is 0 Å². The highest BCUT2D eigenvalue weighted by atomic mass is 16.5. The number of aryl methyl sites for hydroxylation is 1. The van der Waals surface area contributed by atoms with E-state index in [1.165, 1.54) is 24.0 Å². The van der Waals surface area contributed by atoms with E-state index in [0.717, 1.165) is 13.0 Å². The molecule has 16 heavy (non-hydrogen) atoms. The molecular formula is C14H19NO. The number of hydroxylamine groups is 2. The summed E-state index contributed by atoms with van der Waals surface area (Å²) in [6.45, 7) is 2.91. The fourth-order valence-corrected chi connectivity index (χ4v) is 3.46. The number of nitrogens with one attached hydrogen (secondary N) is 1. The van der Waals surface area contributed by atoms with Crippen molar-refractivity contribution >= 4 is 0 Å². The fraction of sp³-hybridized carbons (Fsp3) is 0.571. The topological polar surface area (TPSA) is 27.5 Å². The number of piperidine rings is 1. The van der Waals surface area contributed by atoms with Crippen LogP contribution < -0.4 is 5.06 Å². The molecule has 1 aliphatic carbocycles. The van der Waals surface area contributed by atoms with Crippen LogP contribution in [0.3, 0.4) is 0 Å². The highest BCUT2D eigenvalue weighted by molar-refractivity contribution is 5.33. The fourth-order valence-electron chi connectivity index (χ4n) is 3.46. The summed E-state index contributed by atoms with van der Waals surface area (Å²) >= 11 is 0. The Morgan fingerprint density at radius 2 is 2.12 bits per heavy atom. The normalized spacial score (nSPS) is 37.6. The average molecular weight is 217 g/mol. The molecule has 2 unspecified atom stereocenters. The van der Waals surface area contributed by atoms with Crippen LogP contribution in [0.2, 0.25) is 0 Å². The van der Waals surface area contributed by atoms with Gasteiger partial charge < -0.3 is 10.3 Å². The largest absolute Gasteiger partial charge is 0.634 e. The zero-order valence-electron chi connectivity index (χ0n) is 9.78. The summed E-state index contributed by atoms with van der Waals surface area (Å²) in [6, 6.07) is 9.08. The van der Waals surface area contributed by atoms with Gasteiger partial charge in [-0.05, 0) is 36.8 Å². The Kier molecular flexibility index (Phi) is 2.49. The number of quaternary nitrogens is 1. The highest BCUT2D eigenvalue weighted by Crippen LogP contribution is 2.39. The first-order valence-electron chi connectivity index (χ1n) is 6.36. The van der Waals surface area contributed by atoms with Crippen LogP contribution in [0.4, 0.5) is 0 Å². The zero-order chi connectivity index (χ0) is 11.1. The first-order chi connectivity index (χ1) is 7.75. The Morgan fingerprint density at radius 3 is 3.00 bits per heavy atom. The second kappa shape index (κ2) is 3.86. The molecule has 0 amide bonds. The maximum Gasteiger partial charge on any atom is 0.0849 e. The molecule has 2 heteroatoms. The zero-order valence-corrected chi connectivity index (χ0v) is 9.78. The van der Waals surface area contributed by atoms with Gasteiger partial charge in [0.1, 0.15) is 0 Å². The van der Waals surface area contributed by atoms with Gasteiger partial charge in [0.25, 0.3) is 0 Å². The lowest BCUT2D eigenvalue weighted by atomic mass is 9.70. The summed E-state index contributed by atoms with van der Waals surface area (Å²) in [7, 11) is 0. The van der Waals surface area contributed by atoms with Crippen molar-refractivity contribution < 1.29 is 5.06 Å². The summed E-state index contributed by atoms with van der Waals surface area (Å²) in [4.78, 5) is 0. The Bertz CT molecular complexity index is 390. The SMILES string of the molecule is C[C@@H]1CC2c3ccccc3CCC2C[N@@H+]1[O-]. The number of hydrogen-bond donors (Lipinski definition) is 1. The molecule has 1 N–H and O–H groups in total. The van der Waals surface area contributed by atoms with E-state index < -0.39 is 0 Å². The molecule has 2 nitrogen and oxygen atoms in total. The Morgan fingerprint density at radius 1 is 1.31 bits per heavy atom. The lowest BCUT2D eigenvalue weighted by molar-refractivity contribution is -0.884. The molecule has 1 fully saturated rings. The molecule has 3 rings (SSSR count). The van der Waals surface area contributed by atoms with E-state index in [2.05, 4.69) is 31.2 Å². The average Bonchev–Trinajstić information content (AvgIpc) is 2.31. The maximum atomic E-state index is 11.8. The Labute approximate surface area is 96.8 Å². The van der Waals surface area contributed by atoms with Crippen LogP contribution in [0.1, 0.15) is 36.8 Å². The van der Waals surface area contributed by atoms with E-state index in [9.17, 15) is 5.21 Å². The third-order valence-electron chi connectivity index (χ3n) is 4.43. The van der Waals surface area contributed by atoms with E-state index in [4.69, 9.17) is 0 Å². The first-order valence-corrected chi connectivity index (χ1v) is 6.36. The Balaban J connectivity index is 1.94. The smallest absolute Gasteiger partial charge is 0.0849 e. The minimum Gasteiger partial charge on any atom is -0.634 e. The molecule has 4 atom stereocenters. The van der Waals surface area contributed by atoms with Crippen molar-refractivity contribution in [2.45, 2.75) is 38.1 Å². The van der Waals surface area contributed by atoms with E-state index in [-0.39, 0.29) is 6.04 Å². The summed E-state index contributed by atoms with van der Waals surface area (Å²) in [5, 5.41) is 12.2. The van der Waals surface area contributed by atoms with Gasteiger partial charge in [0, 0.05) is 12.3 Å². The third kappa shape index (κ3) is 1.57. The predicted molar refractivity (Wildman–Crippen MR) is 64.3 cm³/mol. The molecular weight excluding hydrogens is 198 g/mol. The number of fused-ring (bicyclic) bond motifs is 3. The van der Waals surface area contributed by atoms with Crippen LogP contribution in [0.15, 0.2) is 24.3 Å². The van der Waals surface area contributed by atoms with Crippen molar-refractivity contribution in [3.05, 3.63) is 40.6 Å². The predicted octanol–water partition coefficient (Wildman–Crippen LogP) is 1.51. The Hall–Kier alpha value is -0.860. The first kappa shape index (κ1) is 10.3.